The lowest BCUT2D eigenvalue weighted by atomic mass is 10.2. The second-order valence-electron chi connectivity index (χ2n) is 6.27. The van der Waals surface area contributed by atoms with Crippen LogP contribution in [0.2, 0.25) is 0 Å². The van der Waals surface area contributed by atoms with E-state index in [2.05, 4.69) is 20.1 Å². The Bertz CT molecular complexity index is 1010. The summed E-state index contributed by atoms with van der Waals surface area (Å²) in [5.41, 5.74) is 2.03. The van der Waals surface area contributed by atoms with Crippen LogP contribution in [0.1, 0.15) is 28.2 Å². The molecule has 0 bridgehead atoms. The average Bonchev–Trinajstić information content (AvgIpc) is 2.88. The zero-order chi connectivity index (χ0) is 18.1. The second-order valence-corrected chi connectivity index (χ2v) is 6.27. The van der Waals surface area contributed by atoms with Crippen LogP contribution in [-0.2, 0) is 13.1 Å². The Labute approximate surface area is 149 Å². The molecule has 0 saturated carbocycles. The Kier molecular flexibility index (Phi) is 4.08. The molecule has 0 fully saturated rings. The zero-order valence-corrected chi connectivity index (χ0v) is 14.3. The first-order chi connectivity index (χ1) is 12.6. The molecule has 4 heterocycles. The van der Waals surface area contributed by atoms with Gasteiger partial charge in [-0.1, -0.05) is 6.07 Å². The number of carbonyl (C=O) groups excluding carboxylic acids is 1. The minimum absolute atomic E-state index is 0.0365. The van der Waals surface area contributed by atoms with Crippen LogP contribution in [0.3, 0.4) is 0 Å². The number of amides is 1. The van der Waals surface area contributed by atoms with Crippen LogP contribution in [0.15, 0.2) is 41.5 Å². The molecule has 8 heteroatoms. The molecule has 0 radical (unpaired) electrons. The van der Waals surface area contributed by atoms with Gasteiger partial charge in [-0.05, 0) is 31.5 Å². The van der Waals surface area contributed by atoms with Crippen LogP contribution in [0.5, 0.6) is 0 Å². The molecule has 8 nitrogen and oxygen atoms in total. The zero-order valence-electron chi connectivity index (χ0n) is 14.3. The number of H-pyrrole nitrogens is 1. The number of hydrogen-bond acceptors (Lipinski definition) is 5. The van der Waals surface area contributed by atoms with Crippen LogP contribution < -0.4 is 5.56 Å². The Morgan fingerprint density at radius 2 is 2.12 bits per heavy atom. The molecule has 0 aliphatic carbocycles. The fourth-order valence-corrected chi connectivity index (χ4v) is 3.13. The van der Waals surface area contributed by atoms with Gasteiger partial charge in [0.1, 0.15) is 11.3 Å². The van der Waals surface area contributed by atoms with Crippen molar-refractivity contribution >= 4 is 5.91 Å². The van der Waals surface area contributed by atoms with E-state index in [1.54, 1.807) is 23.2 Å². The largest absolute Gasteiger partial charge is 0.332 e. The molecule has 132 valence electrons. The molecule has 1 aliphatic rings. The molecule has 1 aliphatic heterocycles. The van der Waals surface area contributed by atoms with Gasteiger partial charge in [-0.3, -0.25) is 19.3 Å². The number of fused-ring (bicyclic) bond motifs is 1. The van der Waals surface area contributed by atoms with Crippen molar-refractivity contribution in [2.75, 3.05) is 6.54 Å². The number of aromatic amines is 1. The summed E-state index contributed by atoms with van der Waals surface area (Å²) in [6, 6.07) is 7.31. The molecule has 0 atom stereocenters. The van der Waals surface area contributed by atoms with Gasteiger partial charge in [0.25, 0.3) is 11.5 Å². The van der Waals surface area contributed by atoms with Crippen molar-refractivity contribution < 1.29 is 4.79 Å². The summed E-state index contributed by atoms with van der Waals surface area (Å²) in [5.74, 6) is 0.0235. The van der Waals surface area contributed by atoms with Gasteiger partial charge in [-0.25, -0.2) is 4.98 Å². The van der Waals surface area contributed by atoms with E-state index in [0.29, 0.717) is 24.6 Å². The van der Waals surface area contributed by atoms with Crippen molar-refractivity contribution in [1.29, 1.82) is 0 Å². The highest BCUT2D eigenvalue weighted by atomic mass is 16.2. The quantitative estimate of drug-likeness (QED) is 0.753. The smallest absolute Gasteiger partial charge is 0.264 e. The second kappa shape index (κ2) is 6.55. The molecule has 0 aromatic carbocycles. The first kappa shape index (κ1) is 16.2. The van der Waals surface area contributed by atoms with E-state index in [1.165, 1.54) is 6.20 Å². The van der Waals surface area contributed by atoms with Gasteiger partial charge in [-0.2, -0.15) is 5.10 Å². The van der Waals surface area contributed by atoms with Crippen molar-refractivity contribution in [2.24, 2.45) is 0 Å². The van der Waals surface area contributed by atoms with Gasteiger partial charge in [0.15, 0.2) is 5.82 Å². The molecule has 0 saturated heterocycles. The molecule has 0 spiro atoms. The van der Waals surface area contributed by atoms with Gasteiger partial charge < -0.3 is 9.88 Å². The normalized spacial score (nSPS) is 14.0. The van der Waals surface area contributed by atoms with Crippen molar-refractivity contribution in [2.45, 2.75) is 26.4 Å². The lowest BCUT2D eigenvalue weighted by Gasteiger charge is -2.19. The maximum absolute atomic E-state index is 12.9. The number of carbonyl (C=O) groups is 1. The fourth-order valence-electron chi connectivity index (χ4n) is 3.13. The molecule has 3 aromatic heterocycles. The standard InChI is InChI=1S/C18H18N6O2/c1-12-9-13-11-23(7-4-8-24(13)22-12)18(26)14-10-20-16(21-17(14)25)15-5-2-3-6-19-15/h2-3,5-6,9-10H,4,7-8,11H2,1H3,(H,20,21,25). The molecule has 3 aromatic rings. The first-order valence-corrected chi connectivity index (χ1v) is 8.45. The van der Waals surface area contributed by atoms with Crippen LogP contribution in [0, 0.1) is 6.92 Å². The van der Waals surface area contributed by atoms with Gasteiger partial charge >= 0.3 is 0 Å². The van der Waals surface area contributed by atoms with Gasteiger partial charge in [0.05, 0.1) is 17.9 Å². The van der Waals surface area contributed by atoms with Crippen LogP contribution in [0.4, 0.5) is 0 Å². The van der Waals surface area contributed by atoms with E-state index in [1.807, 2.05) is 23.7 Å². The number of aromatic nitrogens is 5. The Morgan fingerprint density at radius 3 is 2.88 bits per heavy atom. The van der Waals surface area contributed by atoms with Crippen molar-refractivity contribution in [3.63, 3.8) is 0 Å². The highest BCUT2D eigenvalue weighted by molar-refractivity contribution is 5.93. The number of nitrogens with zero attached hydrogens (tertiary/aromatic N) is 5. The van der Waals surface area contributed by atoms with E-state index < -0.39 is 5.56 Å². The van der Waals surface area contributed by atoms with E-state index in [-0.39, 0.29) is 11.5 Å². The molecule has 26 heavy (non-hydrogen) atoms. The maximum Gasteiger partial charge on any atom is 0.264 e. The predicted molar refractivity (Wildman–Crippen MR) is 94.4 cm³/mol. The molecular weight excluding hydrogens is 332 g/mol. The Morgan fingerprint density at radius 1 is 1.23 bits per heavy atom. The van der Waals surface area contributed by atoms with Crippen LogP contribution >= 0.6 is 0 Å². The summed E-state index contributed by atoms with van der Waals surface area (Å²) < 4.78 is 1.93. The lowest BCUT2D eigenvalue weighted by Crippen LogP contribution is -2.35. The van der Waals surface area contributed by atoms with Crippen molar-refractivity contribution in [1.82, 2.24) is 29.6 Å². The lowest BCUT2D eigenvalue weighted by molar-refractivity contribution is 0.0743. The summed E-state index contributed by atoms with van der Waals surface area (Å²) in [4.78, 5) is 38.0. The van der Waals surface area contributed by atoms with Crippen molar-refractivity contribution in [3.8, 4) is 11.5 Å². The maximum atomic E-state index is 12.9. The molecule has 1 N–H and O–H groups in total. The SMILES string of the molecule is Cc1cc2n(n1)CCCN(C(=O)c1cnc(-c3ccccn3)[nH]c1=O)C2. The molecule has 0 unspecified atom stereocenters. The number of hydrogen-bond donors (Lipinski definition) is 1. The van der Waals surface area contributed by atoms with E-state index in [4.69, 9.17) is 0 Å². The topological polar surface area (TPSA) is 96.8 Å². The van der Waals surface area contributed by atoms with Gasteiger partial charge in [0.2, 0.25) is 0 Å². The van der Waals surface area contributed by atoms with E-state index >= 15 is 0 Å². The molecule has 4 rings (SSSR count). The Hall–Kier alpha value is -3.29. The third kappa shape index (κ3) is 3.01. The summed E-state index contributed by atoms with van der Waals surface area (Å²) in [6.45, 7) is 3.70. The highest BCUT2D eigenvalue weighted by Crippen LogP contribution is 2.15. The fraction of sp³-hybridized carbons (Fsp3) is 0.278. The molecule has 1 amide bonds. The summed E-state index contributed by atoms with van der Waals surface area (Å²) in [5, 5.41) is 4.43. The van der Waals surface area contributed by atoms with Gasteiger partial charge in [0, 0.05) is 25.5 Å². The van der Waals surface area contributed by atoms with Crippen molar-refractivity contribution in [3.05, 3.63) is 64.0 Å². The number of rotatable bonds is 2. The third-order valence-corrected chi connectivity index (χ3v) is 4.36. The summed E-state index contributed by atoms with van der Waals surface area (Å²) in [7, 11) is 0. The highest BCUT2D eigenvalue weighted by Gasteiger charge is 2.23. The van der Waals surface area contributed by atoms with E-state index in [9.17, 15) is 9.59 Å². The average molecular weight is 350 g/mol. The van der Waals surface area contributed by atoms with Crippen LogP contribution in [-0.4, -0.2) is 42.1 Å². The number of nitrogens with one attached hydrogen (secondary N) is 1. The van der Waals surface area contributed by atoms with Gasteiger partial charge in [-0.15, -0.1) is 0 Å². The van der Waals surface area contributed by atoms with E-state index in [0.717, 1.165) is 24.4 Å². The number of pyridine rings is 1. The predicted octanol–water partition coefficient (Wildman–Crippen LogP) is 1.38. The first-order valence-electron chi connectivity index (χ1n) is 8.45. The minimum atomic E-state index is -0.459. The third-order valence-electron chi connectivity index (χ3n) is 4.36. The summed E-state index contributed by atoms with van der Waals surface area (Å²) >= 11 is 0. The minimum Gasteiger partial charge on any atom is -0.332 e. The summed E-state index contributed by atoms with van der Waals surface area (Å²) in [6.07, 6.45) is 3.74. The monoisotopic (exact) mass is 350 g/mol. The molecular formula is C18H18N6O2. The Balaban J connectivity index is 1.61. The van der Waals surface area contributed by atoms with Crippen LogP contribution in [0.25, 0.3) is 11.5 Å². The number of aryl methyl sites for hydroxylation is 2.